The lowest BCUT2D eigenvalue weighted by molar-refractivity contribution is -0.388. The zero-order valence-electron chi connectivity index (χ0n) is 55.3. The molecule has 4 heterocycles. The number of aliphatic carboxylic acids is 1. The van der Waals surface area contributed by atoms with Crippen LogP contribution < -0.4 is 16.0 Å². The maximum Gasteiger partial charge on any atom is 0.364 e. The third-order valence-electron chi connectivity index (χ3n) is 17.6. The molecule has 3 fully saturated rings. The standard InChI is InChI=1S/C63H100N8O19S/c1-16-37(8)54(45(83-14)28-49(74)71-25-20-23-43(71)57(84-15)38(9)58(78)67-42(60-64-24-26-91-60)27-41-21-18-17-19-22-41)70(13)61(80)51(35(4)5)68-59(79)53(36(6)7)69(12)50(75)33-87-65-30-46-52(66-40(11)72)44(73)29-63(88-46,62(81)82)86-32-47-55(76)56(77)48(31-85-47)90-89-39(10)34(2)3/h17-19,21-22,24,26,30,34-39,42-48,51-57,73,76-77H,16,20,23,25,27-29,31-33H2,1-15H3,(H,66,72)(H,67,78)(H,68,79)(H,81,82). The molecule has 7 N–H and O–H groups in total. The summed E-state index contributed by atoms with van der Waals surface area (Å²) in [6, 6.07) is 4.83. The molecule has 0 spiro atoms. The van der Waals surface area contributed by atoms with Crippen molar-refractivity contribution < 1.29 is 92.3 Å². The molecular weight excluding hydrogens is 1200 g/mol. The number of oxime groups is 1. The minimum atomic E-state index is -2.62. The molecule has 3 aliphatic heterocycles. The lowest BCUT2D eigenvalue weighted by atomic mass is 9.89. The highest BCUT2D eigenvalue weighted by molar-refractivity contribution is 7.09. The predicted molar refractivity (Wildman–Crippen MR) is 333 cm³/mol. The fraction of sp³-hybridized carbons (Fsp3) is 0.730. The molecule has 18 unspecified atom stereocenters. The van der Waals surface area contributed by atoms with Crippen LogP contribution >= 0.6 is 11.3 Å². The van der Waals surface area contributed by atoms with Gasteiger partial charge in [0.25, 0.3) is 11.7 Å². The largest absolute Gasteiger partial charge is 0.477 e. The van der Waals surface area contributed by atoms with E-state index >= 15 is 0 Å². The van der Waals surface area contributed by atoms with Crippen LogP contribution in [0.15, 0.2) is 47.1 Å². The van der Waals surface area contributed by atoms with Crippen molar-refractivity contribution >= 4 is 59.0 Å². The van der Waals surface area contributed by atoms with Crippen LogP contribution in [-0.2, 0) is 78.3 Å². The molecule has 18 atom stereocenters. The second-order valence-corrected chi connectivity index (χ2v) is 26.1. The molecule has 0 radical (unpaired) electrons. The summed E-state index contributed by atoms with van der Waals surface area (Å²) in [7, 11) is 6.04. The van der Waals surface area contributed by atoms with Gasteiger partial charge in [-0.05, 0) is 55.4 Å². The molecule has 0 aliphatic carbocycles. The Labute approximate surface area is 538 Å². The normalized spacial score (nSPS) is 25.8. The average molecular weight is 1310 g/mol. The van der Waals surface area contributed by atoms with Gasteiger partial charge in [0.1, 0.15) is 47.6 Å². The van der Waals surface area contributed by atoms with E-state index in [1.54, 1.807) is 66.8 Å². The number of ether oxygens (including phenoxy) is 5. The second-order valence-electron chi connectivity index (χ2n) is 25.1. The number of hydrogen-bond acceptors (Lipinski definition) is 21. The van der Waals surface area contributed by atoms with E-state index in [1.165, 1.54) is 30.4 Å². The number of carboxylic acids is 1. The molecule has 3 aliphatic rings. The van der Waals surface area contributed by atoms with Gasteiger partial charge in [-0.3, -0.25) is 28.8 Å². The quantitative estimate of drug-likeness (QED) is 0.0301. The summed E-state index contributed by atoms with van der Waals surface area (Å²) in [5.74, 6) is -8.98. The monoisotopic (exact) mass is 1300 g/mol. The first-order chi connectivity index (χ1) is 43.0. The van der Waals surface area contributed by atoms with Gasteiger partial charge in [-0.15, -0.1) is 11.3 Å². The Morgan fingerprint density at radius 1 is 0.912 bits per heavy atom. The Kier molecular flexibility index (Phi) is 29.6. The lowest BCUT2D eigenvalue weighted by Gasteiger charge is -2.44. The minimum Gasteiger partial charge on any atom is -0.477 e. The van der Waals surface area contributed by atoms with Gasteiger partial charge >= 0.3 is 5.97 Å². The fourth-order valence-corrected chi connectivity index (χ4v) is 12.5. The van der Waals surface area contributed by atoms with Crippen molar-refractivity contribution in [2.75, 3.05) is 54.7 Å². The second kappa shape index (κ2) is 35.5. The average Bonchev–Trinajstić information content (AvgIpc) is 1.08. The Morgan fingerprint density at radius 3 is 2.19 bits per heavy atom. The highest BCUT2D eigenvalue weighted by Crippen LogP contribution is 2.34. The topological polar surface area (TPSA) is 345 Å². The van der Waals surface area contributed by atoms with Gasteiger partial charge in [0.2, 0.25) is 29.5 Å². The number of benzene rings is 1. The Morgan fingerprint density at radius 2 is 1.60 bits per heavy atom. The van der Waals surface area contributed by atoms with E-state index < -0.39 is 152 Å². The molecule has 0 saturated carbocycles. The lowest BCUT2D eigenvalue weighted by Crippen LogP contribution is -2.65. The number of hydrogen-bond donors (Lipinski definition) is 7. The molecule has 2 aromatic rings. The molecule has 512 valence electrons. The number of nitrogens with zero attached hydrogens (tertiary/aromatic N) is 5. The van der Waals surface area contributed by atoms with Crippen LogP contribution in [0, 0.1) is 29.6 Å². The van der Waals surface area contributed by atoms with Crippen molar-refractivity contribution in [3.63, 3.8) is 0 Å². The van der Waals surface area contributed by atoms with Crippen molar-refractivity contribution in [1.29, 1.82) is 0 Å². The Balaban J connectivity index is 1.23. The molecule has 5 rings (SSSR count). The first kappa shape index (κ1) is 75.9. The molecule has 1 aromatic heterocycles. The summed E-state index contributed by atoms with van der Waals surface area (Å²) in [4.78, 5) is 122. The molecule has 27 nitrogen and oxygen atoms in total. The van der Waals surface area contributed by atoms with E-state index in [-0.39, 0.29) is 48.8 Å². The first-order valence-electron chi connectivity index (χ1n) is 31.4. The van der Waals surface area contributed by atoms with Crippen LogP contribution in [0.5, 0.6) is 0 Å². The van der Waals surface area contributed by atoms with Crippen LogP contribution in [0.3, 0.4) is 0 Å². The van der Waals surface area contributed by atoms with E-state index in [1.807, 2.05) is 63.4 Å². The Bertz CT molecular complexity index is 2680. The third-order valence-corrected chi connectivity index (χ3v) is 18.5. The van der Waals surface area contributed by atoms with Gasteiger partial charge < -0.3 is 79.6 Å². The van der Waals surface area contributed by atoms with Crippen molar-refractivity contribution in [1.82, 2.24) is 35.6 Å². The van der Waals surface area contributed by atoms with Gasteiger partial charge in [-0.1, -0.05) is 104 Å². The first-order valence-corrected chi connectivity index (χ1v) is 32.3. The number of amides is 6. The van der Waals surface area contributed by atoms with E-state index in [0.29, 0.717) is 32.2 Å². The summed E-state index contributed by atoms with van der Waals surface area (Å²) < 4.78 is 29.5. The van der Waals surface area contributed by atoms with Crippen molar-refractivity contribution in [3.05, 3.63) is 52.5 Å². The number of carbonyl (C=O) groups excluding carboxylic acids is 6. The zero-order chi connectivity index (χ0) is 67.6. The van der Waals surface area contributed by atoms with Gasteiger partial charge in [0.15, 0.2) is 6.61 Å². The molecule has 91 heavy (non-hydrogen) atoms. The van der Waals surface area contributed by atoms with Crippen LogP contribution in [0.1, 0.15) is 125 Å². The van der Waals surface area contributed by atoms with E-state index in [2.05, 4.69) is 26.1 Å². The predicted octanol–water partition coefficient (Wildman–Crippen LogP) is 3.02. The molecule has 28 heteroatoms. The van der Waals surface area contributed by atoms with E-state index in [4.69, 9.17) is 38.3 Å². The number of methoxy groups -OCH3 is 2. The number of carbonyl (C=O) groups is 7. The molecule has 0 bridgehead atoms. The minimum absolute atomic E-state index is 0.0787. The number of carboxylic acid groups (broad SMARTS) is 1. The summed E-state index contributed by atoms with van der Waals surface area (Å²) in [6.45, 7) is 18.2. The van der Waals surface area contributed by atoms with Crippen molar-refractivity contribution in [3.8, 4) is 0 Å². The SMILES string of the molecule is CCC(C)C(C(CC(=O)N1CCCC1C(OC)C(C)C(=O)NC(Cc1ccccc1)c1nccs1)OC)N(C)C(=O)C(NC(=O)C(C(C)C)N(C)C(=O)CON=CC1OC(OCC2OCC(OOC(C)C(C)C)C(O)C2O)(C(=O)O)CC(O)C1NC(C)=O)C(C)C. The van der Waals surface area contributed by atoms with Crippen LogP contribution in [0.25, 0.3) is 0 Å². The number of thiazole rings is 1. The van der Waals surface area contributed by atoms with Crippen molar-refractivity contribution in [2.45, 2.75) is 212 Å². The number of rotatable bonds is 34. The van der Waals surface area contributed by atoms with Gasteiger partial charge in [0, 0.05) is 59.8 Å². The zero-order valence-corrected chi connectivity index (χ0v) is 56.1. The summed E-state index contributed by atoms with van der Waals surface area (Å²) in [6.07, 6.45) is -6.28. The van der Waals surface area contributed by atoms with Gasteiger partial charge in [-0.25, -0.2) is 19.6 Å². The van der Waals surface area contributed by atoms with E-state index in [0.717, 1.165) is 28.6 Å². The number of likely N-dealkylation sites (N-methyl/N-ethyl adjacent to an activating group) is 2. The molecular formula is C63H100N8O19S. The maximum atomic E-state index is 14.9. The maximum absolute atomic E-state index is 14.9. The number of aliphatic hydroxyl groups is 3. The molecule has 3 saturated heterocycles. The summed E-state index contributed by atoms with van der Waals surface area (Å²) in [5.41, 5.74) is 1.04. The van der Waals surface area contributed by atoms with E-state index in [9.17, 15) is 54.0 Å². The number of aliphatic hydroxyl groups excluding tert-OH is 3. The molecule has 1 aromatic carbocycles. The van der Waals surface area contributed by atoms with Crippen LogP contribution in [0.2, 0.25) is 0 Å². The highest BCUT2D eigenvalue weighted by atomic mass is 32.1. The van der Waals surface area contributed by atoms with Gasteiger partial charge in [0.05, 0.1) is 80.4 Å². The third kappa shape index (κ3) is 20.1. The van der Waals surface area contributed by atoms with Crippen LogP contribution in [-0.4, -0.2) is 233 Å². The Hall–Kier alpha value is -5.79. The van der Waals surface area contributed by atoms with Gasteiger partial charge in [-0.2, -0.15) is 0 Å². The number of likely N-dealkylation sites (tertiary alicyclic amines) is 1. The van der Waals surface area contributed by atoms with Crippen LogP contribution in [0.4, 0.5) is 0 Å². The van der Waals surface area contributed by atoms with Crippen molar-refractivity contribution in [2.24, 2.45) is 34.7 Å². The fourth-order valence-electron chi connectivity index (χ4n) is 11.8. The summed E-state index contributed by atoms with van der Waals surface area (Å²) >= 11 is 1.46. The number of nitrogens with one attached hydrogen (secondary N) is 3. The smallest absolute Gasteiger partial charge is 0.364 e. The number of aromatic nitrogens is 1. The highest BCUT2D eigenvalue weighted by Gasteiger charge is 2.54. The summed E-state index contributed by atoms with van der Waals surface area (Å²) in [5, 5.41) is 58.5. The molecule has 6 amide bonds.